The van der Waals surface area contributed by atoms with Crippen LogP contribution in [0.25, 0.3) is 16.5 Å². The second-order valence-corrected chi connectivity index (χ2v) is 8.77. The molecule has 170 valence electrons. The summed E-state index contributed by atoms with van der Waals surface area (Å²) in [5, 5.41) is 10.00. The minimum absolute atomic E-state index is 0.0890. The molecule has 1 fully saturated rings. The molecule has 7 heteroatoms. The average Bonchev–Trinajstić information content (AvgIpc) is 3.34. The monoisotopic (exact) mass is 444 g/mol. The van der Waals surface area contributed by atoms with Gasteiger partial charge in [0, 0.05) is 49.8 Å². The normalized spacial score (nSPS) is 19.1. The molecule has 2 aliphatic rings. The molecule has 2 N–H and O–H groups in total. The summed E-state index contributed by atoms with van der Waals surface area (Å²) in [5.74, 6) is -0.865. The maximum Gasteiger partial charge on any atom is 0.335 e. The van der Waals surface area contributed by atoms with Crippen molar-refractivity contribution in [1.29, 1.82) is 0 Å². The number of aromatic nitrogens is 2. The zero-order valence-electron chi connectivity index (χ0n) is 18.8. The SMILES string of the molecule is CCc1cc(N2CCN([C@H]3C=C(c4cc5ncccc5c(=O)[nH]4)CC3)CC2)ccc1C(=O)O. The second-order valence-electron chi connectivity index (χ2n) is 8.77. The summed E-state index contributed by atoms with van der Waals surface area (Å²) in [6.45, 7) is 5.71. The van der Waals surface area contributed by atoms with E-state index in [1.807, 2.05) is 25.1 Å². The smallest absolute Gasteiger partial charge is 0.335 e. The van der Waals surface area contributed by atoms with Crippen LogP contribution >= 0.6 is 0 Å². The van der Waals surface area contributed by atoms with Crippen molar-refractivity contribution in [3.63, 3.8) is 0 Å². The van der Waals surface area contributed by atoms with E-state index in [0.29, 0.717) is 23.4 Å². The maximum absolute atomic E-state index is 12.4. The quantitative estimate of drug-likeness (QED) is 0.626. The zero-order valence-corrected chi connectivity index (χ0v) is 18.8. The number of piperazine rings is 1. The molecule has 3 heterocycles. The van der Waals surface area contributed by atoms with Crippen LogP contribution in [0.4, 0.5) is 5.69 Å². The number of aromatic amines is 1. The predicted molar refractivity (Wildman–Crippen MR) is 130 cm³/mol. The first-order chi connectivity index (χ1) is 16.0. The van der Waals surface area contributed by atoms with Gasteiger partial charge in [0.25, 0.3) is 5.56 Å². The number of carboxylic acids is 1. The lowest BCUT2D eigenvalue weighted by Crippen LogP contribution is -2.49. The molecule has 3 aromatic rings. The number of carboxylic acid groups (broad SMARTS) is 1. The average molecular weight is 445 g/mol. The Morgan fingerprint density at radius 1 is 1.18 bits per heavy atom. The Morgan fingerprint density at radius 2 is 2.00 bits per heavy atom. The summed E-state index contributed by atoms with van der Waals surface area (Å²) in [6.07, 6.45) is 6.71. The number of rotatable bonds is 5. The van der Waals surface area contributed by atoms with E-state index >= 15 is 0 Å². The van der Waals surface area contributed by atoms with Crippen LogP contribution in [0.2, 0.25) is 0 Å². The number of nitrogens with one attached hydrogen (secondary N) is 1. The lowest BCUT2D eigenvalue weighted by Gasteiger charge is -2.38. The largest absolute Gasteiger partial charge is 0.478 e. The summed E-state index contributed by atoms with van der Waals surface area (Å²) in [7, 11) is 0. The highest BCUT2D eigenvalue weighted by atomic mass is 16.4. The van der Waals surface area contributed by atoms with Gasteiger partial charge in [-0.1, -0.05) is 13.0 Å². The summed E-state index contributed by atoms with van der Waals surface area (Å²) in [5.41, 5.74) is 5.07. The highest BCUT2D eigenvalue weighted by Crippen LogP contribution is 2.31. The third-order valence-corrected chi connectivity index (χ3v) is 6.91. The van der Waals surface area contributed by atoms with Gasteiger partial charge in [-0.15, -0.1) is 0 Å². The number of carbonyl (C=O) groups is 1. The van der Waals surface area contributed by atoms with E-state index < -0.39 is 5.97 Å². The van der Waals surface area contributed by atoms with Crippen LogP contribution in [0, 0.1) is 0 Å². The molecule has 0 amide bonds. The summed E-state index contributed by atoms with van der Waals surface area (Å²) in [6, 6.07) is 11.6. The number of H-pyrrole nitrogens is 1. The first kappa shape index (κ1) is 21.4. The van der Waals surface area contributed by atoms with Crippen LogP contribution < -0.4 is 10.5 Å². The fourth-order valence-electron chi connectivity index (χ4n) is 5.06. The Labute approximate surface area is 192 Å². The summed E-state index contributed by atoms with van der Waals surface area (Å²) < 4.78 is 0. The Hall–Kier alpha value is -3.45. The lowest BCUT2D eigenvalue weighted by molar-refractivity contribution is 0.0695. The van der Waals surface area contributed by atoms with Crippen molar-refractivity contribution in [2.24, 2.45) is 0 Å². The summed E-state index contributed by atoms with van der Waals surface area (Å²) in [4.78, 5) is 36.1. The molecule has 7 nitrogen and oxygen atoms in total. The van der Waals surface area contributed by atoms with E-state index in [0.717, 1.165) is 61.5 Å². The van der Waals surface area contributed by atoms with E-state index in [-0.39, 0.29) is 5.56 Å². The highest BCUT2D eigenvalue weighted by molar-refractivity contribution is 5.90. The van der Waals surface area contributed by atoms with Gasteiger partial charge < -0.3 is 15.0 Å². The van der Waals surface area contributed by atoms with Crippen molar-refractivity contribution < 1.29 is 9.90 Å². The van der Waals surface area contributed by atoms with Crippen molar-refractivity contribution in [2.75, 3.05) is 31.1 Å². The van der Waals surface area contributed by atoms with Crippen LogP contribution in [-0.4, -0.2) is 58.2 Å². The number of fused-ring (bicyclic) bond motifs is 1. The molecule has 1 aliphatic heterocycles. The van der Waals surface area contributed by atoms with Crippen LogP contribution in [0.1, 0.15) is 41.4 Å². The predicted octanol–water partition coefficient (Wildman–Crippen LogP) is 3.55. The standard InChI is InChI=1S/C26H28N4O3/c1-2-17-14-20(7-8-21(17)26(32)33)30-12-10-29(11-13-30)19-6-5-18(15-19)23-16-24-22(25(31)28-23)4-3-9-27-24/h3-4,7-9,14-16,19H,2,5-6,10-13H2,1H3,(H,28,31)(H,32,33)/t19-/m1/s1. The van der Waals surface area contributed by atoms with Gasteiger partial charge in [0.15, 0.2) is 0 Å². The molecule has 0 unspecified atom stereocenters. The lowest BCUT2D eigenvalue weighted by atomic mass is 10.0. The second kappa shape index (κ2) is 8.83. The third-order valence-electron chi connectivity index (χ3n) is 6.91. The molecule has 33 heavy (non-hydrogen) atoms. The van der Waals surface area contributed by atoms with Gasteiger partial charge in [0.05, 0.1) is 16.5 Å². The van der Waals surface area contributed by atoms with E-state index in [2.05, 4.69) is 25.8 Å². The fourth-order valence-corrected chi connectivity index (χ4v) is 5.06. The van der Waals surface area contributed by atoms with E-state index in [1.165, 1.54) is 5.57 Å². The molecule has 1 atom stereocenters. The number of aromatic carboxylic acids is 1. The molecule has 0 saturated carbocycles. The van der Waals surface area contributed by atoms with Crippen LogP contribution in [0.15, 0.2) is 53.5 Å². The Balaban J connectivity index is 1.28. The molecule has 0 bridgehead atoms. The number of anilines is 1. The Morgan fingerprint density at radius 3 is 2.76 bits per heavy atom. The van der Waals surface area contributed by atoms with Crippen molar-refractivity contribution in [3.05, 3.63) is 75.8 Å². The first-order valence-corrected chi connectivity index (χ1v) is 11.6. The van der Waals surface area contributed by atoms with Crippen LogP contribution in [0.5, 0.6) is 0 Å². The minimum atomic E-state index is -0.865. The Bertz CT molecular complexity index is 1290. The molecule has 1 aromatic carbocycles. The van der Waals surface area contributed by atoms with Crippen molar-refractivity contribution in [1.82, 2.24) is 14.9 Å². The van der Waals surface area contributed by atoms with Gasteiger partial charge in [0.2, 0.25) is 0 Å². The van der Waals surface area contributed by atoms with Crippen LogP contribution in [0.3, 0.4) is 0 Å². The van der Waals surface area contributed by atoms with Gasteiger partial charge in [-0.3, -0.25) is 14.7 Å². The van der Waals surface area contributed by atoms with Gasteiger partial charge in [0.1, 0.15) is 0 Å². The topological polar surface area (TPSA) is 89.5 Å². The molecule has 1 saturated heterocycles. The van der Waals surface area contributed by atoms with E-state index in [4.69, 9.17) is 0 Å². The van der Waals surface area contributed by atoms with Crippen molar-refractivity contribution >= 4 is 28.1 Å². The molecule has 2 aromatic heterocycles. The third kappa shape index (κ3) is 4.16. The Kier molecular flexibility index (Phi) is 5.72. The van der Waals surface area contributed by atoms with Crippen molar-refractivity contribution in [3.8, 4) is 0 Å². The molecule has 5 rings (SSSR count). The molecule has 1 aliphatic carbocycles. The maximum atomic E-state index is 12.4. The number of hydrogen-bond acceptors (Lipinski definition) is 5. The zero-order chi connectivity index (χ0) is 22.9. The molecule has 0 radical (unpaired) electrons. The number of hydrogen-bond donors (Lipinski definition) is 2. The molecule has 0 spiro atoms. The fraction of sp³-hybridized carbons (Fsp3) is 0.346. The molecular weight excluding hydrogens is 416 g/mol. The number of pyridine rings is 2. The number of aryl methyl sites for hydroxylation is 1. The number of nitrogens with zero attached hydrogens (tertiary/aromatic N) is 3. The van der Waals surface area contributed by atoms with Gasteiger partial charge >= 0.3 is 5.97 Å². The molecular formula is C26H28N4O3. The van der Waals surface area contributed by atoms with E-state index in [1.54, 1.807) is 24.4 Å². The van der Waals surface area contributed by atoms with Gasteiger partial charge in [-0.05, 0) is 66.8 Å². The highest BCUT2D eigenvalue weighted by Gasteiger charge is 2.27. The van der Waals surface area contributed by atoms with Crippen LogP contribution in [-0.2, 0) is 6.42 Å². The minimum Gasteiger partial charge on any atom is -0.478 e. The van der Waals surface area contributed by atoms with Gasteiger partial charge in [-0.25, -0.2) is 4.79 Å². The van der Waals surface area contributed by atoms with Gasteiger partial charge in [-0.2, -0.15) is 0 Å². The summed E-state index contributed by atoms with van der Waals surface area (Å²) >= 11 is 0. The van der Waals surface area contributed by atoms with E-state index in [9.17, 15) is 14.7 Å². The first-order valence-electron chi connectivity index (χ1n) is 11.6. The number of allylic oxidation sites excluding steroid dienone is 1. The van der Waals surface area contributed by atoms with Crippen molar-refractivity contribution in [2.45, 2.75) is 32.2 Å². The number of benzene rings is 1.